The van der Waals surface area contributed by atoms with Crippen molar-refractivity contribution in [1.29, 1.82) is 0 Å². The molecule has 2 nitrogen and oxygen atoms in total. The van der Waals surface area contributed by atoms with Crippen molar-refractivity contribution in [3.05, 3.63) is 39.4 Å². The van der Waals surface area contributed by atoms with Gasteiger partial charge >= 0.3 is 0 Å². The van der Waals surface area contributed by atoms with Crippen LogP contribution in [0.25, 0.3) is 5.57 Å². The van der Waals surface area contributed by atoms with Crippen LogP contribution in [0, 0.1) is 11.8 Å². The third-order valence-electron chi connectivity index (χ3n) is 4.88. The molecule has 1 unspecified atom stereocenters. The van der Waals surface area contributed by atoms with Gasteiger partial charge in [0.2, 0.25) is 0 Å². The first-order valence-corrected chi connectivity index (χ1v) is 8.68. The Kier molecular flexibility index (Phi) is 4.79. The molecule has 0 radical (unpaired) electrons. The zero-order valence-electron chi connectivity index (χ0n) is 13.0. The number of oxime groups is 1. The van der Waals surface area contributed by atoms with E-state index in [1.807, 2.05) is 12.1 Å². The average Bonchev–Trinajstić information content (AvgIpc) is 2.90. The summed E-state index contributed by atoms with van der Waals surface area (Å²) in [7, 11) is 1.62. The Labute approximate surface area is 142 Å². The molecule has 0 aromatic heterocycles. The monoisotopic (exact) mass is 337 g/mol. The van der Waals surface area contributed by atoms with E-state index in [0.29, 0.717) is 16.0 Å². The minimum Gasteiger partial charge on any atom is -0.399 e. The van der Waals surface area contributed by atoms with E-state index in [1.165, 1.54) is 36.0 Å². The Morgan fingerprint density at radius 3 is 2.77 bits per heavy atom. The second kappa shape index (κ2) is 6.64. The average molecular weight is 338 g/mol. The van der Waals surface area contributed by atoms with Crippen LogP contribution in [0.15, 0.2) is 28.9 Å². The number of nitrogens with zero attached hydrogens (tertiary/aromatic N) is 1. The fourth-order valence-electron chi connectivity index (χ4n) is 3.95. The molecule has 2 aliphatic carbocycles. The molecule has 0 aliphatic heterocycles. The standard InChI is InChI=1S/C18H21Cl2NO/c1-3-17(21-22-2)18-13-5-4-11(8-13)9-14(18)12-6-7-15(19)16(20)10-12/h6-7,10-11,13H,3-5,8-9H2,1-2H3/t11?,13-/m1/s1. The van der Waals surface area contributed by atoms with Crippen molar-refractivity contribution in [2.24, 2.45) is 17.0 Å². The summed E-state index contributed by atoms with van der Waals surface area (Å²) in [6.45, 7) is 2.14. The van der Waals surface area contributed by atoms with Crippen LogP contribution in [0.5, 0.6) is 0 Å². The van der Waals surface area contributed by atoms with Gasteiger partial charge in [0.25, 0.3) is 0 Å². The zero-order valence-corrected chi connectivity index (χ0v) is 14.5. The minimum absolute atomic E-state index is 0.604. The zero-order chi connectivity index (χ0) is 15.7. The van der Waals surface area contributed by atoms with E-state index in [-0.39, 0.29) is 0 Å². The Morgan fingerprint density at radius 2 is 2.09 bits per heavy atom. The fourth-order valence-corrected chi connectivity index (χ4v) is 4.25. The van der Waals surface area contributed by atoms with E-state index in [0.717, 1.165) is 24.5 Å². The highest BCUT2D eigenvalue weighted by atomic mass is 35.5. The largest absolute Gasteiger partial charge is 0.399 e. The first-order valence-electron chi connectivity index (χ1n) is 7.92. The number of hydrogen-bond acceptors (Lipinski definition) is 2. The van der Waals surface area contributed by atoms with Crippen LogP contribution in [0.4, 0.5) is 0 Å². The smallest absolute Gasteiger partial charge is 0.106 e. The molecule has 2 atom stereocenters. The van der Waals surface area contributed by atoms with Gasteiger partial charge in [0, 0.05) is 0 Å². The van der Waals surface area contributed by atoms with Crippen molar-refractivity contribution in [3.63, 3.8) is 0 Å². The van der Waals surface area contributed by atoms with Crippen LogP contribution >= 0.6 is 23.2 Å². The molecule has 1 fully saturated rings. The summed E-state index contributed by atoms with van der Waals surface area (Å²) in [5, 5.41) is 5.52. The summed E-state index contributed by atoms with van der Waals surface area (Å²) in [6.07, 6.45) is 5.83. The predicted octanol–water partition coefficient (Wildman–Crippen LogP) is 5.98. The van der Waals surface area contributed by atoms with Gasteiger partial charge in [-0.1, -0.05) is 41.3 Å². The predicted molar refractivity (Wildman–Crippen MR) is 93.6 cm³/mol. The number of halogens is 2. The molecular formula is C18H21Cl2NO. The molecule has 0 spiro atoms. The van der Waals surface area contributed by atoms with E-state index >= 15 is 0 Å². The molecule has 0 N–H and O–H groups in total. The molecule has 0 amide bonds. The Balaban J connectivity index is 2.13. The van der Waals surface area contributed by atoms with Crippen LogP contribution < -0.4 is 0 Å². The second-order valence-corrected chi connectivity index (χ2v) is 6.99. The molecule has 2 aliphatic rings. The first kappa shape index (κ1) is 15.9. The SMILES string of the molecule is CCC(=NOC)C1=C(c2ccc(Cl)c(Cl)c2)CC2CC[C@@H]1C2. The Morgan fingerprint density at radius 1 is 1.27 bits per heavy atom. The summed E-state index contributed by atoms with van der Waals surface area (Å²) >= 11 is 12.3. The molecule has 3 rings (SSSR count). The van der Waals surface area contributed by atoms with Crippen LogP contribution in [0.1, 0.15) is 44.6 Å². The summed E-state index contributed by atoms with van der Waals surface area (Å²) < 4.78 is 0. The van der Waals surface area contributed by atoms with E-state index < -0.39 is 0 Å². The van der Waals surface area contributed by atoms with Gasteiger partial charge in [-0.2, -0.15) is 0 Å². The van der Waals surface area contributed by atoms with Crippen LogP contribution in [0.3, 0.4) is 0 Å². The van der Waals surface area contributed by atoms with E-state index in [2.05, 4.69) is 18.1 Å². The normalized spacial score (nSPS) is 24.8. The molecule has 4 heteroatoms. The number of hydrogen-bond donors (Lipinski definition) is 0. The number of rotatable bonds is 4. The van der Waals surface area contributed by atoms with Crippen LogP contribution in [-0.2, 0) is 4.84 Å². The van der Waals surface area contributed by atoms with Gasteiger partial charge in [0.15, 0.2) is 0 Å². The summed E-state index contributed by atoms with van der Waals surface area (Å²) in [6, 6.07) is 5.96. The van der Waals surface area contributed by atoms with Crippen molar-refractivity contribution in [2.75, 3.05) is 7.11 Å². The van der Waals surface area contributed by atoms with Gasteiger partial charge in [0.05, 0.1) is 15.8 Å². The van der Waals surface area contributed by atoms with Crippen LogP contribution in [0.2, 0.25) is 10.0 Å². The summed E-state index contributed by atoms with van der Waals surface area (Å²) in [5.41, 5.74) is 5.03. The molecule has 0 heterocycles. The lowest BCUT2D eigenvalue weighted by Crippen LogP contribution is -2.18. The third kappa shape index (κ3) is 2.91. The fraction of sp³-hybridized carbons (Fsp3) is 0.500. The first-order chi connectivity index (χ1) is 10.6. The van der Waals surface area contributed by atoms with E-state index in [4.69, 9.17) is 28.0 Å². The second-order valence-electron chi connectivity index (χ2n) is 6.18. The highest BCUT2D eigenvalue weighted by Crippen LogP contribution is 2.49. The molecule has 118 valence electrons. The highest BCUT2D eigenvalue weighted by Gasteiger charge is 2.36. The third-order valence-corrected chi connectivity index (χ3v) is 5.62. The Bertz CT molecular complexity index is 636. The van der Waals surface area contributed by atoms with E-state index in [1.54, 1.807) is 7.11 Å². The molecule has 1 aromatic rings. The molecule has 2 bridgehead atoms. The van der Waals surface area contributed by atoms with Crippen molar-refractivity contribution >= 4 is 34.5 Å². The quantitative estimate of drug-likeness (QED) is 0.489. The summed E-state index contributed by atoms with van der Waals surface area (Å²) in [4.78, 5) is 5.09. The van der Waals surface area contributed by atoms with Crippen molar-refractivity contribution < 1.29 is 4.84 Å². The highest BCUT2D eigenvalue weighted by molar-refractivity contribution is 6.42. The Hall–Kier alpha value is -0.990. The van der Waals surface area contributed by atoms with Gasteiger partial charge in [-0.05, 0) is 72.8 Å². The molecule has 1 saturated carbocycles. The van der Waals surface area contributed by atoms with E-state index in [9.17, 15) is 0 Å². The van der Waals surface area contributed by atoms with Gasteiger partial charge in [-0.25, -0.2) is 0 Å². The van der Waals surface area contributed by atoms with Crippen LogP contribution in [-0.4, -0.2) is 12.8 Å². The molecule has 0 saturated heterocycles. The lowest BCUT2D eigenvalue weighted by molar-refractivity contribution is 0.212. The van der Waals surface area contributed by atoms with Gasteiger partial charge < -0.3 is 4.84 Å². The van der Waals surface area contributed by atoms with Crippen molar-refractivity contribution in [2.45, 2.75) is 39.0 Å². The number of fused-ring (bicyclic) bond motifs is 2. The lowest BCUT2D eigenvalue weighted by atomic mass is 9.78. The van der Waals surface area contributed by atoms with Crippen molar-refractivity contribution in [1.82, 2.24) is 0 Å². The molecule has 1 aromatic carbocycles. The van der Waals surface area contributed by atoms with Gasteiger partial charge in [-0.15, -0.1) is 0 Å². The van der Waals surface area contributed by atoms with Gasteiger partial charge in [0.1, 0.15) is 7.11 Å². The maximum Gasteiger partial charge on any atom is 0.106 e. The topological polar surface area (TPSA) is 21.6 Å². The molecule has 22 heavy (non-hydrogen) atoms. The maximum absolute atomic E-state index is 6.23. The minimum atomic E-state index is 0.604. The number of benzene rings is 1. The maximum atomic E-state index is 6.23. The number of allylic oxidation sites excluding steroid dienone is 2. The summed E-state index contributed by atoms with van der Waals surface area (Å²) in [5.74, 6) is 1.40. The lowest BCUT2D eigenvalue weighted by Gasteiger charge is -2.27. The van der Waals surface area contributed by atoms with Gasteiger partial charge in [-0.3, -0.25) is 0 Å². The van der Waals surface area contributed by atoms with Crippen molar-refractivity contribution in [3.8, 4) is 0 Å². The molecular weight excluding hydrogens is 317 g/mol.